The molecule has 0 spiro atoms. The molecule has 5 nitrogen and oxygen atoms in total. The Labute approximate surface area is 162 Å². The number of unbranched alkanes of at least 4 members (excludes halogenated alkanes) is 1. The third kappa shape index (κ3) is 3.66. The third-order valence-electron chi connectivity index (χ3n) is 4.63. The average molecular weight is 412 g/mol. The number of nitrogens with zero attached hydrogens (tertiary/aromatic N) is 3. The van der Waals surface area contributed by atoms with Crippen molar-refractivity contribution < 1.29 is 0 Å². The predicted octanol–water partition coefficient (Wildman–Crippen LogP) is 4.22. The molecule has 0 bridgehead atoms. The molecule has 6 heteroatoms. The number of hydrogen-bond donors (Lipinski definition) is 2. The van der Waals surface area contributed by atoms with Gasteiger partial charge in [0.25, 0.3) is 0 Å². The first-order valence-corrected chi connectivity index (χ1v) is 9.38. The van der Waals surface area contributed by atoms with Crippen molar-refractivity contribution in [1.82, 2.24) is 0 Å². The van der Waals surface area contributed by atoms with Crippen LogP contribution >= 0.6 is 15.9 Å². The number of rotatable bonds is 5. The largest absolute Gasteiger partial charge is 0.404 e. The molecule has 0 amide bonds. The molecule has 4 N–H and O–H groups in total. The monoisotopic (exact) mass is 411 g/mol. The Morgan fingerprint density at radius 3 is 2.65 bits per heavy atom. The Morgan fingerprint density at radius 1 is 1.35 bits per heavy atom. The van der Waals surface area contributed by atoms with Gasteiger partial charge in [0.1, 0.15) is 11.9 Å². The number of halogens is 1. The second kappa shape index (κ2) is 8.69. The fourth-order valence-electron chi connectivity index (χ4n) is 3.21. The zero-order valence-corrected chi connectivity index (χ0v) is 16.5. The highest BCUT2D eigenvalue weighted by molar-refractivity contribution is 9.10. The second-order valence-corrected chi connectivity index (χ2v) is 7.12. The summed E-state index contributed by atoms with van der Waals surface area (Å²) >= 11 is 3.51. The van der Waals surface area contributed by atoms with Crippen molar-refractivity contribution in [1.29, 1.82) is 10.5 Å². The number of hydrogen-bond acceptors (Lipinski definition) is 5. The van der Waals surface area contributed by atoms with Crippen LogP contribution in [0.5, 0.6) is 0 Å². The lowest BCUT2D eigenvalue weighted by Gasteiger charge is -2.28. The lowest BCUT2D eigenvalue weighted by atomic mass is 9.79. The van der Waals surface area contributed by atoms with Crippen molar-refractivity contribution in [3.05, 3.63) is 56.8 Å². The molecular weight excluding hydrogens is 390 g/mol. The van der Waals surface area contributed by atoms with Gasteiger partial charge in [0.2, 0.25) is 0 Å². The summed E-state index contributed by atoms with van der Waals surface area (Å²) in [4.78, 5) is 4.51. The van der Waals surface area contributed by atoms with Crippen LogP contribution in [-0.4, -0.2) is 5.84 Å². The highest BCUT2D eigenvalue weighted by Gasteiger charge is 2.33. The van der Waals surface area contributed by atoms with Gasteiger partial charge in [-0.2, -0.15) is 10.5 Å². The number of nitrogens with two attached hydrogens (primary N) is 2. The molecule has 2 rings (SSSR count). The lowest BCUT2D eigenvalue weighted by Crippen LogP contribution is -2.28. The van der Waals surface area contributed by atoms with Gasteiger partial charge in [0.15, 0.2) is 0 Å². The smallest absolute Gasteiger partial charge is 0.129 e. The topological polar surface area (TPSA) is 112 Å². The molecule has 134 valence electrons. The lowest BCUT2D eigenvalue weighted by molar-refractivity contribution is 0.560. The van der Waals surface area contributed by atoms with Crippen molar-refractivity contribution in [2.75, 3.05) is 0 Å². The molecule has 1 heterocycles. The standard InChI is InChI=1S/C20H22BrN5/c1-3-4-6-12(2)19-15(10-23)17(16(11-24)20(25)26-19)14-8-5-7-13(9-22)18(14)21/h5,7-8,11-12,17H,3-4,6,24H2,1-2H3,(H2,25,26)/b16-11-. The average Bonchev–Trinajstić information content (AvgIpc) is 2.65. The maximum absolute atomic E-state index is 9.92. The first kappa shape index (κ1) is 19.8. The van der Waals surface area contributed by atoms with Crippen LogP contribution in [0.25, 0.3) is 0 Å². The molecular formula is C20H22BrN5. The summed E-state index contributed by atoms with van der Waals surface area (Å²) in [6, 6.07) is 9.88. The van der Waals surface area contributed by atoms with E-state index in [2.05, 4.69) is 46.9 Å². The van der Waals surface area contributed by atoms with E-state index in [1.54, 1.807) is 12.1 Å². The highest BCUT2D eigenvalue weighted by atomic mass is 79.9. The molecule has 1 aromatic carbocycles. The summed E-state index contributed by atoms with van der Waals surface area (Å²) in [7, 11) is 0. The van der Waals surface area contributed by atoms with Gasteiger partial charge in [0.05, 0.1) is 28.8 Å². The molecule has 1 aromatic rings. The zero-order chi connectivity index (χ0) is 19.3. The maximum atomic E-state index is 9.92. The van der Waals surface area contributed by atoms with Crippen LogP contribution in [0.4, 0.5) is 0 Å². The van der Waals surface area contributed by atoms with E-state index in [1.165, 1.54) is 6.20 Å². The molecule has 2 atom stereocenters. The fraction of sp³-hybridized carbons (Fsp3) is 0.350. The first-order chi connectivity index (χ1) is 12.5. The summed E-state index contributed by atoms with van der Waals surface area (Å²) in [5.74, 6) is -0.00346. The maximum Gasteiger partial charge on any atom is 0.129 e. The van der Waals surface area contributed by atoms with Crippen LogP contribution in [-0.2, 0) is 0 Å². The Bertz CT molecular complexity index is 867. The van der Waals surface area contributed by atoms with Gasteiger partial charge < -0.3 is 11.5 Å². The Hall–Kier alpha value is -2.57. The molecule has 2 unspecified atom stereocenters. The Balaban J connectivity index is 2.69. The molecule has 26 heavy (non-hydrogen) atoms. The zero-order valence-electron chi connectivity index (χ0n) is 15.0. The quantitative estimate of drug-likeness (QED) is 0.754. The van der Waals surface area contributed by atoms with Gasteiger partial charge in [0, 0.05) is 16.2 Å². The van der Waals surface area contributed by atoms with Gasteiger partial charge in [-0.15, -0.1) is 0 Å². The first-order valence-electron chi connectivity index (χ1n) is 8.59. The number of benzene rings is 1. The predicted molar refractivity (Wildman–Crippen MR) is 107 cm³/mol. The van der Waals surface area contributed by atoms with E-state index in [0.29, 0.717) is 32.7 Å². The van der Waals surface area contributed by atoms with Gasteiger partial charge in [-0.1, -0.05) is 38.8 Å². The van der Waals surface area contributed by atoms with Crippen LogP contribution in [0.3, 0.4) is 0 Å². The van der Waals surface area contributed by atoms with Crippen molar-refractivity contribution in [3.8, 4) is 12.1 Å². The summed E-state index contributed by atoms with van der Waals surface area (Å²) in [5.41, 5.74) is 15.1. The Kier molecular flexibility index (Phi) is 6.60. The molecule has 1 aliphatic rings. The SMILES string of the molecule is CCCCC(C)C1=C(C#N)C(c2cccc(C#N)c2Br)/C(=C/N)C(N)=N1. The van der Waals surface area contributed by atoms with Gasteiger partial charge in [-0.25, -0.2) is 4.99 Å². The van der Waals surface area contributed by atoms with Gasteiger partial charge in [-0.05, 0) is 39.9 Å². The molecule has 0 aliphatic carbocycles. The van der Waals surface area contributed by atoms with Crippen molar-refractivity contribution in [3.63, 3.8) is 0 Å². The molecule has 1 aliphatic heterocycles. The highest BCUT2D eigenvalue weighted by Crippen LogP contribution is 2.42. The van der Waals surface area contributed by atoms with Crippen LogP contribution in [0.2, 0.25) is 0 Å². The summed E-state index contributed by atoms with van der Waals surface area (Å²) < 4.78 is 0.648. The van der Waals surface area contributed by atoms with E-state index in [1.807, 2.05) is 6.07 Å². The van der Waals surface area contributed by atoms with E-state index in [4.69, 9.17) is 11.5 Å². The van der Waals surface area contributed by atoms with Gasteiger partial charge >= 0.3 is 0 Å². The number of amidine groups is 1. The third-order valence-corrected chi connectivity index (χ3v) is 5.51. The van der Waals surface area contributed by atoms with Crippen LogP contribution in [0.15, 0.2) is 50.7 Å². The summed E-state index contributed by atoms with van der Waals surface area (Å²) in [5, 5.41) is 19.3. The molecule has 0 saturated heterocycles. The van der Waals surface area contributed by atoms with Crippen LogP contribution in [0, 0.1) is 28.6 Å². The minimum Gasteiger partial charge on any atom is -0.404 e. The fourth-order valence-corrected chi connectivity index (χ4v) is 3.80. The molecule has 0 fully saturated rings. The van der Waals surface area contributed by atoms with E-state index in [0.717, 1.165) is 24.8 Å². The van der Waals surface area contributed by atoms with Crippen LogP contribution in [0.1, 0.15) is 50.2 Å². The number of allylic oxidation sites excluding steroid dienone is 2. The molecule has 0 saturated carbocycles. The van der Waals surface area contributed by atoms with E-state index in [9.17, 15) is 10.5 Å². The normalized spacial score (nSPS) is 19.7. The molecule has 0 aromatic heterocycles. The summed E-state index contributed by atoms with van der Waals surface area (Å²) in [6.07, 6.45) is 4.46. The van der Waals surface area contributed by atoms with Crippen LogP contribution < -0.4 is 11.5 Å². The second-order valence-electron chi connectivity index (χ2n) is 6.33. The van der Waals surface area contributed by atoms with Crippen molar-refractivity contribution in [2.24, 2.45) is 22.4 Å². The van der Waals surface area contributed by atoms with Gasteiger partial charge in [-0.3, -0.25) is 0 Å². The van der Waals surface area contributed by atoms with E-state index < -0.39 is 5.92 Å². The Morgan fingerprint density at radius 2 is 2.08 bits per heavy atom. The van der Waals surface area contributed by atoms with E-state index >= 15 is 0 Å². The minimum atomic E-state index is -0.441. The van der Waals surface area contributed by atoms with Crippen molar-refractivity contribution in [2.45, 2.75) is 39.0 Å². The van der Waals surface area contributed by atoms with Crippen molar-refractivity contribution >= 4 is 21.8 Å². The van der Waals surface area contributed by atoms with E-state index in [-0.39, 0.29) is 5.92 Å². The summed E-state index contributed by atoms with van der Waals surface area (Å²) in [6.45, 7) is 4.20. The minimum absolute atomic E-state index is 0.114. The number of nitriles is 2. The molecule has 0 radical (unpaired) electrons. The number of aliphatic imine (C=N–C) groups is 1.